The van der Waals surface area contributed by atoms with Crippen molar-refractivity contribution >= 4 is 23.0 Å². The van der Waals surface area contributed by atoms with Crippen LogP contribution in [0.2, 0.25) is 0 Å². The second-order valence-electron chi connectivity index (χ2n) is 6.14. The van der Waals surface area contributed by atoms with Crippen molar-refractivity contribution in [1.82, 2.24) is 9.97 Å². The highest BCUT2D eigenvalue weighted by Gasteiger charge is 2.23. The highest BCUT2D eigenvalue weighted by atomic mass is 16.6. The van der Waals surface area contributed by atoms with Crippen LogP contribution in [0, 0.1) is 20.2 Å². The molecule has 2 aliphatic heterocycles. The first kappa shape index (κ1) is 19.6. The van der Waals surface area contributed by atoms with E-state index in [-0.39, 0.29) is 21.2 Å². The smallest absolute Gasteiger partial charge is 0.310 e. The van der Waals surface area contributed by atoms with Crippen LogP contribution in [0.1, 0.15) is 0 Å². The van der Waals surface area contributed by atoms with Gasteiger partial charge in [-0.25, -0.2) is 0 Å². The topological polar surface area (TPSA) is 143 Å². The Labute approximate surface area is 160 Å². The molecule has 152 valence electrons. The second kappa shape index (κ2) is 9.19. The Kier molecular flexibility index (Phi) is 6.45. The van der Waals surface area contributed by atoms with Crippen LogP contribution in [-0.4, -0.2) is 72.4 Å². The Bertz CT molecular complexity index is 727. The minimum Gasteiger partial charge on any atom is -0.378 e. The molecule has 12 nitrogen and oxygen atoms in total. The number of morpholine rings is 2. The van der Waals surface area contributed by atoms with Crippen molar-refractivity contribution < 1.29 is 19.3 Å². The maximum Gasteiger partial charge on any atom is 0.310 e. The van der Waals surface area contributed by atoms with E-state index >= 15 is 0 Å². The molecule has 12 heteroatoms. The second-order valence-corrected chi connectivity index (χ2v) is 6.14. The molecule has 0 aliphatic carbocycles. The van der Waals surface area contributed by atoms with Gasteiger partial charge in [0.15, 0.2) is 11.6 Å². The van der Waals surface area contributed by atoms with Crippen LogP contribution in [0.3, 0.4) is 0 Å². The molecule has 0 bridgehead atoms. The Hall–Kier alpha value is -3.12. The molecule has 0 atom stereocenters. The number of aromatic nitrogens is 2. The van der Waals surface area contributed by atoms with Gasteiger partial charge in [-0.15, -0.1) is 0 Å². The first-order chi connectivity index (χ1) is 13.6. The number of nitrogens with one attached hydrogen (secondary N) is 2. The first-order valence-electron chi connectivity index (χ1n) is 8.87. The number of rotatable bonds is 4. The van der Waals surface area contributed by atoms with E-state index in [1.807, 2.05) is 9.80 Å². The van der Waals surface area contributed by atoms with E-state index in [2.05, 4.69) is 9.97 Å². The molecule has 28 heavy (non-hydrogen) atoms. The van der Waals surface area contributed by atoms with Crippen molar-refractivity contribution in [3.05, 3.63) is 44.8 Å². The van der Waals surface area contributed by atoms with Crippen LogP contribution < -0.4 is 9.80 Å². The van der Waals surface area contributed by atoms with Crippen molar-refractivity contribution in [3.8, 4) is 0 Å². The van der Waals surface area contributed by atoms with Crippen molar-refractivity contribution in [1.29, 1.82) is 0 Å². The van der Waals surface area contributed by atoms with Gasteiger partial charge in [-0.1, -0.05) is 0 Å². The summed E-state index contributed by atoms with van der Waals surface area (Å²) in [6.45, 7) is 5.27. The largest absolute Gasteiger partial charge is 0.378 e. The van der Waals surface area contributed by atoms with Gasteiger partial charge in [0, 0.05) is 50.7 Å². The molecule has 0 radical (unpaired) electrons. The fraction of sp³-hybridized carbons (Fsp3) is 0.500. The predicted molar refractivity (Wildman–Crippen MR) is 101 cm³/mol. The highest BCUT2D eigenvalue weighted by molar-refractivity contribution is 5.59. The van der Waals surface area contributed by atoms with Gasteiger partial charge in [-0.2, -0.15) is 0 Å². The van der Waals surface area contributed by atoms with Gasteiger partial charge >= 0.3 is 11.4 Å². The summed E-state index contributed by atoms with van der Waals surface area (Å²) in [6, 6.07) is 2.95. The molecule has 0 unspecified atom stereocenters. The molecule has 2 aromatic heterocycles. The number of anilines is 2. The lowest BCUT2D eigenvalue weighted by Gasteiger charge is -2.26. The Morgan fingerprint density at radius 3 is 1.43 bits per heavy atom. The highest BCUT2D eigenvalue weighted by Crippen LogP contribution is 2.27. The normalized spacial score (nSPS) is 17.0. The Balaban J connectivity index is 0.000000161. The lowest BCUT2D eigenvalue weighted by atomic mass is 10.4. The molecule has 0 aromatic carbocycles. The quantitative estimate of drug-likeness (QED) is 0.587. The summed E-state index contributed by atoms with van der Waals surface area (Å²) in [5, 5.41) is 21.3. The van der Waals surface area contributed by atoms with Crippen LogP contribution in [0.5, 0.6) is 0 Å². The Morgan fingerprint density at radius 2 is 1.11 bits per heavy atom. The van der Waals surface area contributed by atoms with Crippen molar-refractivity contribution in [2.75, 3.05) is 62.4 Å². The Morgan fingerprint density at radius 1 is 0.750 bits per heavy atom. The van der Waals surface area contributed by atoms with E-state index in [1.54, 1.807) is 12.4 Å². The SMILES string of the molecule is O=[N+]([O-])c1cc[nH]c1N1CCOCC1.O=[N+]([O-])c1cc[nH]c1N1CCOCC1. The number of nitro groups is 2. The van der Waals surface area contributed by atoms with Crippen LogP contribution in [-0.2, 0) is 9.47 Å². The third-order valence-corrected chi connectivity index (χ3v) is 4.46. The maximum absolute atomic E-state index is 10.7. The van der Waals surface area contributed by atoms with Crippen LogP contribution in [0.4, 0.5) is 23.0 Å². The van der Waals surface area contributed by atoms with Gasteiger partial charge in [-0.05, 0) is 0 Å². The van der Waals surface area contributed by atoms with E-state index < -0.39 is 0 Å². The lowest BCUT2D eigenvalue weighted by Crippen LogP contribution is -2.36. The lowest BCUT2D eigenvalue weighted by molar-refractivity contribution is -0.384. The number of H-pyrrole nitrogens is 2. The summed E-state index contributed by atoms with van der Waals surface area (Å²) in [5.74, 6) is 1.16. The molecule has 0 amide bonds. The summed E-state index contributed by atoms with van der Waals surface area (Å²) in [6.07, 6.45) is 3.17. The van der Waals surface area contributed by atoms with Crippen LogP contribution in [0.25, 0.3) is 0 Å². The molecule has 2 saturated heterocycles. The molecule has 2 N–H and O–H groups in total. The fourth-order valence-corrected chi connectivity index (χ4v) is 3.08. The van der Waals surface area contributed by atoms with E-state index in [0.29, 0.717) is 64.2 Å². The minimum atomic E-state index is -0.374. The van der Waals surface area contributed by atoms with Crippen molar-refractivity contribution in [2.24, 2.45) is 0 Å². The third-order valence-electron chi connectivity index (χ3n) is 4.46. The number of hydrogen-bond donors (Lipinski definition) is 2. The monoisotopic (exact) mass is 394 g/mol. The van der Waals surface area contributed by atoms with Gasteiger partial charge in [-0.3, -0.25) is 20.2 Å². The summed E-state index contributed by atoms with van der Waals surface area (Å²) >= 11 is 0. The molecule has 0 spiro atoms. The zero-order valence-electron chi connectivity index (χ0n) is 15.2. The minimum absolute atomic E-state index is 0.131. The van der Waals surface area contributed by atoms with E-state index in [4.69, 9.17) is 9.47 Å². The van der Waals surface area contributed by atoms with Crippen molar-refractivity contribution in [3.63, 3.8) is 0 Å². The van der Waals surface area contributed by atoms with Gasteiger partial charge in [0.25, 0.3) is 0 Å². The number of hydrogen-bond acceptors (Lipinski definition) is 8. The fourth-order valence-electron chi connectivity index (χ4n) is 3.08. The number of aromatic amines is 2. The van der Waals surface area contributed by atoms with Crippen LogP contribution >= 0.6 is 0 Å². The zero-order chi connectivity index (χ0) is 19.9. The molecule has 2 fully saturated rings. The van der Waals surface area contributed by atoms with Gasteiger partial charge in [0.05, 0.1) is 36.3 Å². The number of ether oxygens (including phenoxy) is 2. The summed E-state index contributed by atoms with van der Waals surface area (Å²) in [7, 11) is 0. The van der Waals surface area contributed by atoms with E-state index in [1.165, 1.54) is 12.1 Å². The molecular weight excluding hydrogens is 372 g/mol. The summed E-state index contributed by atoms with van der Waals surface area (Å²) in [5.41, 5.74) is 0.263. The molecule has 2 aliphatic rings. The molecule has 2 aromatic rings. The first-order valence-corrected chi connectivity index (χ1v) is 8.87. The van der Waals surface area contributed by atoms with Gasteiger partial charge in [0.2, 0.25) is 0 Å². The van der Waals surface area contributed by atoms with Gasteiger partial charge in [0.1, 0.15) is 0 Å². The van der Waals surface area contributed by atoms with Crippen LogP contribution in [0.15, 0.2) is 24.5 Å². The standard InChI is InChI=1S/2C8H11N3O3/c2*12-11(13)7-1-2-9-8(7)10-3-5-14-6-4-10/h2*1-2,9H,3-6H2. The predicted octanol–water partition coefficient (Wildman–Crippen LogP) is 1.52. The van der Waals surface area contributed by atoms with Gasteiger partial charge < -0.3 is 29.2 Å². The van der Waals surface area contributed by atoms with E-state index in [0.717, 1.165) is 0 Å². The zero-order valence-corrected chi connectivity index (χ0v) is 15.2. The molecule has 0 saturated carbocycles. The molecule has 4 rings (SSSR count). The average molecular weight is 394 g/mol. The number of nitrogens with zero attached hydrogens (tertiary/aromatic N) is 4. The molecule has 4 heterocycles. The van der Waals surface area contributed by atoms with Crippen molar-refractivity contribution in [2.45, 2.75) is 0 Å². The maximum atomic E-state index is 10.7. The molecular formula is C16H22N6O6. The average Bonchev–Trinajstić information content (AvgIpc) is 3.40. The summed E-state index contributed by atoms with van der Waals surface area (Å²) < 4.78 is 10.3. The third kappa shape index (κ3) is 4.58. The van der Waals surface area contributed by atoms with E-state index in [9.17, 15) is 20.2 Å². The summed E-state index contributed by atoms with van der Waals surface area (Å²) in [4.78, 5) is 30.2.